The third-order valence-electron chi connectivity index (χ3n) is 2.92. The van der Waals surface area contributed by atoms with Crippen LogP contribution in [0.25, 0.3) is 0 Å². The van der Waals surface area contributed by atoms with Gasteiger partial charge < -0.3 is 5.32 Å². The van der Waals surface area contributed by atoms with Crippen LogP contribution in [0.3, 0.4) is 0 Å². The molecular formula is C16H16BrNS. The number of thiocarbonyl (C=S) groups is 1. The molecule has 0 aliphatic carbocycles. The normalized spacial score (nSPS) is 10.5. The lowest BCUT2D eigenvalue weighted by Crippen LogP contribution is -2.10. The first kappa shape index (κ1) is 14.2. The molecule has 2 rings (SSSR count). The molecular weight excluding hydrogens is 318 g/mol. The number of rotatable bonds is 3. The molecule has 3 heteroatoms. The lowest BCUT2D eigenvalue weighted by molar-refractivity contribution is 0.867. The monoisotopic (exact) mass is 333 g/mol. The maximum Gasteiger partial charge on any atom is 0.111 e. The third-order valence-corrected chi connectivity index (χ3v) is 3.75. The van der Waals surface area contributed by atoms with Gasteiger partial charge in [0.2, 0.25) is 0 Å². The maximum atomic E-state index is 5.41. The van der Waals surface area contributed by atoms with Crippen molar-refractivity contribution < 1.29 is 0 Å². The summed E-state index contributed by atoms with van der Waals surface area (Å²) in [6, 6.07) is 16.4. The van der Waals surface area contributed by atoms with Crippen LogP contribution in [0.2, 0.25) is 0 Å². The number of nitrogens with one attached hydrogen (secondary N) is 1. The molecule has 0 bridgehead atoms. The van der Waals surface area contributed by atoms with Gasteiger partial charge in [0.05, 0.1) is 0 Å². The molecule has 98 valence electrons. The van der Waals surface area contributed by atoms with Gasteiger partial charge in [-0.25, -0.2) is 0 Å². The van der Waals surface area contributed by atoms with E-state index >= 15 is 0 Å². The van der Waals surface area contributed by atoms with Gasteiger partial charge >= 0.3 is 0 Å². The number of anilines is 1. The van der Waals surface area contributed by atoms with Gasteiger partial charge in [-0.3, -0.25) is 0 Å². The predicted octanol–water partition coefficient (Wildman–Crippen LogP) is 5.36. The quantitative estimate of drug-likeness (QED) is 0.759. The van der Waals surface area contributed by atoms with E-state index < -0.39 is 0 Å². The van der Waals surface area contributed by atoms with Gasteiger partial charge in [-0.1, -0.05) is 66.3 Å². The van der Waals surface area contributed by atoms with Crippen molar-refractivity contribution >= 4 is 38.8 Å². The summed E-state index contributed by atoms with van der Waals surface area (Å²) in [5, 5.41) is 3.26. The number of hydrogen-bond donors (Lipinski definition) is 1. The SMILES string of the molecule is CC(C)c1ccc(NC(=S)c2cccc(Br)c2)cc1. The van der Waals surface area contributed by atoms with E-state index in [1.54, 1.807) is 0 Å². The van der Waals surface area contributed by atoms with Crippen LogP contribution in [0.1, 0.15) is 30.9 Å². The zero-order valence-electron chi connectivity index (χ0n) is 11.0. The Morgan fingerprint density at radius 2 is 1.79 bits per heavy atom. The topological polar surface area (TPSA) is 12.0 Å². The zero-order valence-corrected chi connectivity index (χ0v) is 13.4. The van der Waals surface area contributed by atoms with E-state index in [0.717, 1.165) is 20.7 Å². The Morgan fingerprint density at radius 1 is 1.11 bits per heavy atom. The van der Waals surface area contributed by atoms with Gasteiger partial charge in [-0.05, 0) is 35.7 Å². The number of hydrogen-bond acceptors (Lipinski definition) is 1. The number of halogens is 1. The highest BCUT2D eigenvalue weighted by Crippen LogP contribution is 2.18. The molecule has 2 aromatic carbocycles. The minimum absolute atomic E-state index is 0.547. The fourth-order valence-electron chi connectivity index (χ4n) is 1.78. The first-order valence-corrected chi connectivity index (χ1v) is 7.43. The first-order chi connectivity index (χ1) is 9.06. The van der Waals surface area contributed by atoms with Gasteiger partial charge in [-0.15, -0.1) is 0 Å². The van der Waals surface area contributed by atoms with Crippen LogP contribution in [0.4, 0.5) is 5.69 Å². The van der Waals surface area contributed by atoms with Crippen LogP contribution in [0.5, 0.6) is 0 Å². The zero-order chi connectivity index (χ0) is 13.8. The number of benzene rings is 2. The van der Waals surface area contributed by atoms with E-state index in [1.165, 1.54) is 5.56 Å². The summed E-state index contributed by atoms with van der Waals surface area (Å²) in [4.78, 5) is 0.735. The van der Waals surface area contributed by atoms with Crippen molar-refractivity contribution in [3.05, 3.63) is 64.1 Å². The van der Waals surface area contributed by atoms with E-state index in [-0.39, 0.29) is 0 Å². The van der Waals surface area contributed by atoms with Crippen LogP contribution < -0.4 is 5.32 Å². The molecule has 0 spiro atoms. The van der Waals surface area contributed by atoms with Crippen molar-refractivity contribution in [2.75, 3.05) is 5.32 Å². The molecule has 1 N–H and O–H groups in total. The Balaban J connectivity index is 2.10. The Morgan fingerprint density at radius 3 is 2.37 bits per heavy atom. The van der Waals surface area contributed by atoms with Crippen LogP contribution in [-0.2, 0) is 0 Å². The summed E-state index contributed by atoms with van der Waals surface area (Å²) >= 11 is 8.87. The Bertz CT molecular complexity index is 576. The van der Waals surface area contributed by atoms with Gasteiger partial charge in [0.15, 0.2) is 0 Å². The summed E-state index contributed by atoms with van der Waals surface area (Å²) in [5.74, 6) is 0.547. The largest absolute Gasteiger partial charge is 0.346 e. The Hall–Kier alpha value is -1.19. The molecule has 19 heavy (non-hydrogen) atoms. The summed E-state index contributed by atoms with van der Waals surface area (Å²) in [5.41, 5.74) is 3.37. The molecule has 0 atom stereocenters. The van der Waals surface area contributed by atoms with E-state index in [9.17, 15) is 0 Å². The molecule has 1 nitrogen and oxygen atoms in total. The van der Waals surface area contributed by atoms with E-state index in [1.807, 2.05) is 24.3 Å². The smallest absolute Gasteiger partial charge is 0.111 e. The average Bonchev–Trinajstić information content (AvgIpc) is 2.39. The second kappa shape index (κ2) is 6.31. The fourth-order valence-corrected chi connectivity index (χ4v) is 2.43. The van der Waals surface area contributed by atoms with Crippen molar-refractivity contribution in [1.82, 2.24) is 0 Å². The van der Waals surface area contributed by atoms with Gasteiger partial charge in [-0.2, -0.15) is 0 Å². The van der Waals surface area contributed by atoms with Crippen molar-refractivity contribution in [1.29, 1.82) is 0 Å². The highest BCUT2D eigenvalue weighted by molar-refractivity contribution is 9.10. The van der Waals surface area contributed by atoms with Gasteiger partial charge in [0, 0.05) is 15.7 Å². The summed E-state index contributed by atoms with van der Waals surface area (Å²) in [6.07, 6.45) is 0. The average molecular weight is 334 g/mol. The van der Waals surface area contributed by atoms with Gasteiger partial charge in [0.25, 0.3) is 0 Å². The Kier molecular flexibility index (Phi) is 4.72. The van der Waals surface area contributed by atoms with E-state index in [2.05, 4.69) is 59.4 Å². The molecule has 0 heterocycles. The minimum atomic E-state index is 0.547. The molecule has 0 aliphatic rings. The molecule has 0 unspecified atom stereocenters. The second-order valence-corrected chi connectivity index (χ2v) is 6.07. The predicted molar refractivity (Wildman–Crippen MR) is 90.0 cm³/mol. The standard InChI is InChI=1S/C16H16BrNS/c1-11(2)12-6-8-15(9-7-12)18-16(19)13-4-3-5-14(17)10-13/h3-11H,1-2H3,(H,18,19). The van der Waals surface area contributed by atoms with Crippen LogP contribution in [-0.4, -0.2) is 4.99 Å². The van der Waals surface area contributed by atoms with Crippen LogP contribution in [0.15, 0.2) is 53.0 Å². The van der Waals surface area contributed by atoms with Gasteiger partial charge in [0.1, 0.15) is 4.99 Å². The van der Waals surface area contributed by atoms with Crippen LogP contribution >= 0.6 is 28.1 Å². The van der Waals surface area contributed by atoms with Crippen molar-refractivity contribution in [3.8, 4) is 0 Å². The summed E-state index contributed by atoms with van der Waals surface area (Å²) in [7, 11) is 0. The molecule has 0 aliphatic heterocycles. The fraction of sp³-hybridized carbons (Fsp3) is 0.188. The maximum absolute atomic E-state index is 5.41. The minimum Gasteiger partial charge on any atom is -0.346 e. The molecule has 0 saturated heterocycles. The van der Waals surface area contributed by atoms with E-state index in [0.29, 0.717) is 5.92 Å². The molecule has 0 radical (unpaired) electrons. The van der Waals surface area contributed by atoms with Crippen molar-refractivity contribution in [2.24, 2.45) is 0 Å². The molecule has 0 amide bonds. The molecule has 2 aromatic rings. The highest BCUT2D eigenvalue weighted by atomic mass is 79.9. The second-order valence-electron chi connectivity index (χ2n) is 4.74. The molecule has 0 aromatic heterocycles. The lowest BCUT2D eigenvalue weighted by Gasteiger charge is -2.10. The van der Waals surface area contributed by atoms with E-state index in [4.69, 9.17) is 12.2 Å². The highest BCUT2D eigenvalue weighted by Gasteiger charge is 2.03. The van der Waals surface area contributed by atoms with Crippen molar-refractivity contribution in [2.45, 2.75) is 19.8 Å². The molecule has 0 fully saturated rings. The third kappa shape index (κ3) is 3.88. The molecule has 0 saturated carbocycles. The first-order valence-electron chi connectivity index (χ1n) is 6.23. The summed E-state index contributed by atoms with van der Waals surface area (Å²) < 4.78 is 1.03. The van der Waals surface area contributed by atoms with Crippen molar-refractivity contribution in [3.63, 3.8) is 0 Å². The Labute approximate surface area is 128 Å². The van der Waals surface area contributed by atoms with Crippen LogP contribution in [0, 0.1) is 0 Å². The lowest BCUT2D eigenvalue weighted by atomic mass is 10.0. The summed E-state index contributed by atoms with van der Waals surface area (Å²) in [6.45, 7) is 4.38.